The van der Waals surface area contributed by atoms with E-state index in [1.165, 1.54) is 24.3 Å². The summed E-state index contributed by atoms with van der Waals surface area (Å²) < 4.78 is 0. The standard InChI is InChI=1S/C15H20N4O4/c1-15(2,3)18-9-11(8-13(18)20)17-14(21)16-10-4-6-12(7-5-10)19(22)23/h4-7,11H,8-9H2,1-3H3,(H2,16,17,21). The van der Waals surface area contributed by atoms with Crippen molar-refractivity contribution in [1.82, 2.24) is 10.2 Å². The third-order valence-corrected chi connectivity index (χ3v) is 3.61. The van der Waals surface area contributed by atoms with E-state index >= 15 is 0 Å². The van der Waals surface area contributed by atoms with Gasteiger partial charge in [-0.15, -0.1) is 0 Å². The molecule has 1 aliphatic heterocycles. The van der Waals surface area contributed by atoms with E-state index < -0.39 is 11.0 Å². The van der Waals surface area contributed by atoms with Gasteiger partial charge in [0.2, 0.25) is 5.91 Å². The number of nitrogens with zero attached hydrogens (tertiary/aromatic N) is 2. The molecule has 2 N–H and O–H groups in total. The zero-order valence-electron chi connectivity index (χ0n) is 13.3. The molecule has 1 heterocycles. The Balaban J connectivity index is 1.90. The van der Waals surface area contributed by atoms with Crippen molar-refractivity contribution in [3.05, 3.63) is 34.4 Å². The second kappa shape index (κ2) is 6.23. The average molecular weight is 320 g/mol. The number of nitro groups is 1. The minimum atomic E-state index is -0.505. The zero-order valence-corrected chi connectivity index (χ0v) is 13.3. The fourth-order valence-corrected chi connectivity index (χ4v) is 2.47. The molecule has 3 amide bonds. The summed E-state index contributed by atoms with van der Waals surface area (Å²) in [4.78, 5) is 35.7. The molecule has 1 aliphatic rings. The highest BCUT2D eigenvalue weighted by Gasteiger charge is 2.36. The van der Waals surface area contributed by atoms with Gasteiger partial charge in [-0.25, -0.2) is 4.79 Å². The molecule has 1 aromatic carbocycles. The quantitative estimate of drug-likeness (QED) is 0.657. The smallest absolute Gasteiger partial charge is 0.319 e. The number of amides is 3. The first kappa shape index (κ1) is 16.7. The highest BCUT2D eigenvalue weighted by Crippen LogP contribution is 2.22. The summed E-state index contributed by atoms with van der Waals surface area (Å²) in [5.41, 5.74) is 0.130. The van der Waals surface area contributed by atoms with Crippen LogP contribution in [-0.4, -0.2) is 39.9 Å². The Bertz CT molecular complexity index is 621. The van der Waals surface area contributed by atoms with Crippen LogP contribution in [0.3, 0.4) is 0 Å². The number of nitro benzene ring substituents is 1. The maximum atomic E-state index is 12.0. The molecule has 0 radical (unpaired) electrons. The Kier molecular flexibility index (Phi) is 4.53. The normalized spacial score (nSPS) is 18.0. The van der Waals surface area contributed by atoms with Crippen LogP contribution in [0.5, 0.6) is 0 Å². The van der Waals surface area contributed by atoms with E-state index in [-0.39, 0.29) is 29.6 Å². The Morgan fingerprint density at radius 2 is 1.91 bits per heavy atom. The summed E-state index contributed by atoms with van der Waals surface area (Å²) in [6.45, 7) is 6.31. The third kappa shape index (κ3) is 4.18. The maximum Gasteiger partial charge on any atom is 0.319 e. The van der Waals surface area contributed by atoms with E-state index in [4.69, 9.17) is 0 Å². The van der Waals surface area contributed by atoms with Crippen molar-refractivity contribution in [2.45, 2.75) is 38.8 Å². The maximum absolute atomic E-state index is 12.0. The van der Waals surface area contributed by atoms with Crippen molar-refractivity contribution >= 4 is 23.3 Å². The Labute approximate surface area is 134 Å². The van der Waals surface area contributed by atoms with Gasteiger partial charge < -0.3 is 15.5 Å². The molecule has 23 heavy (non-hydrogen) atoms. The van der Waals surface area contributed by atoms with Gasteiger partial charge in [-0.05, 0) is 32.9 Å². The summed E-state index contributed by atoms with van der Waals surface area (Å²) in [6.07, 6.45) is 0.269. The van der Waals surface area contributed by atoms with Crippen LogP contribution in [0.25, 0.3) is 0 Å². The third-order valence-electron chi connectivity index (χ3n) is 3.61. The number of carbonyl (C=O) groups is 2. The predicted molar refractivity (Wildman–Crippen MR) is 85.1 cm³/mol. The van der Waals surface area contributed by atoms with E-state index in [2.05, 4.69) is 10.6 Å². The lowest BCUT2D eigenvalue weighted by molar-refractivity contribution is -0.384. The molecule has 0 bridgehead atoms. The van der Waals surface area contributed by atoms with Gasteiger partial charge in [0, 0.05) is 36.3 Å². The number of anilines is 1. The second-order valence-electron chi connectivity index (χ2n) is 6.48. The SMILES string of the molecule is CC(C)(C)N1CC(NC(=O)Nc2ccc([N+](=O)[O-])cc2)CC1=O. The van der Waals surface area contributed by atoms with Gasteiger partial charge in [0.05, 0.1) is 11.0 Å². The van der Waals surface area contributed by atoms with Crippen molar-refractivity contribution in [2.75, 3.05) is 11.9 Å². The van der Waals surface area contributed by atoms with E-state index in [0.29, 0.717) is 12.2 Å². The van der Waals surface area contributed by atoms with Crippen LogP contribution in [0.15, 0.2) is 24.3 Å². The van der Waals surface area contributed by atoms with Gasteiger partial charge >= 0.3 is 6.03 Å². The van der Waals surface area contributed by atoms with Gasteiger partial charge in [-0.3, -0.25) is 14.9 Å². The first-order chi connectivity index (χ1) is 10.7. The monoisotopic (exact) mass is 320 g/mol. The molecule has 1 aromatic rings. The molecule has 1 atom stereocenters. The van der Waals surface area contributed by atoms with E-state index in [9.17, 15) is 19.7 Å². The molecule has 0 aliphatic carbocycles. The molecule has 124 valence electrons. The van der Waals surface area contributed by atoms with Crippen molar-refractivity contribution in [2.24, 2.45) is 0 Å². The molecule has 0 saturated carbocycles. The summed E-state index contributed by atoms with van der Waals surface area (Å²) in [5.74, 6) is 0.0122. The van der Waals surface area contributed by atoms with E-state index in [1.54, 1.807) is 4.90 Å². The van der Waals surface area contributed by atoms with E-state index in [1.807, 2.05) is 20.8 Å². The number of non-ortho nitro benzene ring substituents is 1. The van der Waals surface area contributed by atoms with Crippen LogP contribution >= 0.6 is 0 Å². The van der Waals surface area contributed by atoms with Crippen LogP contribution < -0.4 is 10.6 Å². The highest BCUT2D eigenvalue weighted by molar-refractivity contribution is 5.90. The number of nitrogens with one attached hydrogen (secondary N) is 2. The Morgan fingerprint density at radius 1 is 1.30 bits per heavy atom. The van der Waals surface area contributed by atoms with Gasteiger partial charge in [0.15, 0.2) is 0 Å². The van der Waals surface area contributed by atoms with Crippen molar-refractivity contribution in [3.8, 4) is 0 Å². The lowest BCUT2D eigenvalue weighted by Crippen LogP contribution is -2.45. The first-order valence-electron chi connectivity index (χ1n) is 7.29. The zero-order chi connectivity index (χ0) is 17.2. The van der Waals surface area contributed by atoms with Crippen LogP contribution in [-0.2, 0) is 4.79 Å². The van der Waals surface area contributed by atoms with Crippen molar-refractivity contribution in [1.29, 1.82) is 0 Å². The predicted octanol–water partition coefficient (Wildman–Crippen LogP) is 2.12. The van der Waals surface area contributed by atoms with Gasteiger partial charge in [0.25, 0.3) is 5.69 Å². The molecule has 1 unspecified atom stereocenters. The van der Waals surface area contributed by atoms with E-state index in [0.717, 1.165) is 0 Å². The van der Waals surface area contributed by atoms with Gasteiger partial charge in [-0.2, -0.15) is 0 Å². The average Bonchev–Trinajstić information content (AvgIpc) is 2.80. The summed E-state index contributed by atoms with van der Waals surface area (Å²) in [6, 6.07) is 4.86. The fraction of sp³-hybridized carbons (Fsp3) is 0.467. The molecular weight excluding hydrogens is 300 g/mol. The van der Waals surface area contributed by atoms with Crippen LogP contribution in [0.4, 0.5) is 16.2 Å². The molecule has 0 aromatic heterocycles. The van der Waals surface area contributed by atoms with Crippen LogP contribution in [0.2, 0.25) is 0 Å². The van der Waals surface area contributed by atoms with Crippen molar-refractivity contribution < 1.29 is 14.5 Å². The number of carbonyl (C=O) groups excluding carboxylic acids is 2. The van der Waals surface area contributed by atoms with Crippen LogP contribution in [0.1, 0.15) is 27.2 Å². The number of rotatable bonds is 3. The topological polar surface area (TPSA) is 105 Å². The summed E-state index contributed by atoms with van der Waals surface area (Å²) >= 11 is 0. The number of hydrogen-bond donors (Lipinski definition) is 2. The highest BCUT2D eigenvalue weighted by atomic mass is 16.6. The molecule has 1 saturated heterocycles. The fourth-order valence-electron chi connectivity index (χ4n) is 2.47. The number of urea groups is 1. The van der Waals surface area contributed by atoms with Gasteiger partial charge in [0.1, 0.15) is 0 Å². The molecule has 2 rings (SSSR count). The number of hydrogen-bond acceptors (Lipinski definition) is 4. The van der Waals surface area contributed by atoms with Crippen LogP contribution in [0, 0.1) is 10.1 Å². The number of benzene rings is 1. The lowest BCUT2D eigenvalue weighted by atomic mass is 10.1. The Hall–Kier alpha value is -2.64. The minimum Gasteiger partial charge on any atom is -0.336 e. The first-order valence-corrected chi connectivity index (χ1v) is 7.29. The molecule has 1 fully saturated rings. The second-order valence-corrected chi connectivity index (χ2v) is 6.48. The summed E-state index contributed by atoms with van der Waals surface area (Å²) in [5, 5.41) is 15.9. The lowest BCUT2D eigenvalue weighted by Gasteiger charge is -2.32. The van der Waals surface area contributed by atoms with Crippen molar-refractivity contribution in [3.63, 3.8) is 0 Å². The minimum absolute atomic E-state index is 0.0122. The molecular formula is C15H20N4O4. The molecule has 8 heteroatoms. The molecule has 8 nitrogen and oxygen atoms in total. The largest absolute Gasteiger partial charge is 0.336 e. The summed E-state index contributed by atoms with van der Waals surface area (Å²) in [7, 11) is 0. The Morgan fingerprint density at radius 3 is 2.39 bits per heavy atom. The number of likely N-dealkylation sites (tertiary alicyclic amines) is 1. The van der Waals surface area contributed by atoms with Gasteiger partial charge in [-0.1, -0.05) is 0 Å². The molecule has 0 spiro atoms.